The van der Waals surface area contributed by atoms with Crippen molar-refractivity contribution in [3.8, 4) is 0 Å². The number of hydrogen-bond donors (Lipinski definition) is 1. The van der Waals surface area contributed by atoms with Crippen molar-refractivity contribution in [2.24, 2.45) is 0 Å². The van der Waals surface area contributed by atoms with Crippen LogP contribution in [0, 0.1) is 0 Å². The number of halogens is 1. The van der Waals surface area contributed by atoms with Gasteiger partial charge in [-0.3, -0.25) is 4.79 Å². The van der Waals surface area contributed by atoms with Crippen molar-refractivity contribution in [3.63, 3.8) is 0 Å². The standard InChI is InChI=1S/C14H18ClNO2/c15-13-7-1-4-11(10-18)14(13)16-8-2-5-12(16)6-3-9-17/h1,4,7,10,12,17H,2-3,5-6,8-9H2. The number of anilines is 1. The van der Waals surface area contributed by atoms with Crippen LogP contribution in [0.3, 0.4) is 0 Å². The number of para-hydroxylation sites is 1. The Balaban J connectivity index is 2.26. The first-order chi connectivity index (χ1) is 8.77. The molecule has 4 heteroatoms. The smallest absolute Gasteiger partial charge is 0.152 e. The zero-order valence-electron chi connectivity index (χ0n) is 10.3. The van der Waals surface area contributed by atoms with Gasteiger partial charge in [-0.15, -0.1) is 0 Å². The second kappa shape index (κ2) is 6.21. The molecule has 0 amide bonds. The summed E-state index contributed by atoms with van der Waals surface area (Å²) < 4.78 is 0. The van der Waals surface area contributed by atoms with E-state index >= 15 is 0 Å². The molecule has 2 rings (SSSR count). The zero-order chi connectivity index (χ0) is 13.0. The Morgan fingerprint density at radius 3 is 3.06 bits per heavy atom. The molecule has 1 atom stereocenters. The Bertz CT molecular complexity index is 422. The van der Waals surface area contributed by atoms with Gasteiger partial charge in [0.2, 0.25) is 0 Å². The van der Waals surface area contributed by atoms with Gasteiger partial charge in [0, 0.05) is 24.8 Å². The summed E-state index contributed by atoms with van der Waals surface area (Å²) in [7, 11) is 0. The molecule has 1 aromatic carbocycles. The summed E-state index contributed by atoms with van der Waals surface area (Å²) in [6, 6.07) is 5.81. The van der Waals surface area contributed by atoms with Gasteiger partial charge in [0.25, 0.3) is 0 Å². The lowest BCUT2D eigenvalue weighted by molar-refractivity contribution is 0.112. The molecule has 0 saturated carbocycles. The predicted octanol–water partition coefficient (Wildman–Crippen LogP) is 2.89. The molecule has 3 nitrogen and oxygen atoms in total. The van der Waals surface area contributed by atoms with Crippen LogP contribution in [0.1, 0.15) is 36.0 Å². The van der Waals surface area contributed by atoms with E-state index in [2.05, 4.69) is 4.90 Å². The lowest BCUT2D eigenvalue weighted by Gasteiger charge is -2.28. The van der Waals surface area contributed by atoms with E-state index in [-0.39, 0.29) is 6.61 Å². The lowest BCUT2D eigenvalue weighted by Crippen LogP contribution is -2.30. The molecule has 1 unspecified atom stereocenters. The molecule has 0 spiro atoms. The minimum atomic E-state index is 0.216. The SMILES string of the molecule is O=Cc1cccc(Cl)c1N1CCCC1CCCO. The van der Waals surface area contributed by atoms with Crippen molar-refractivity contribution in [1.82, 2.24) is 0 Å². The topological polar surface area (TPSA) is 40.5 Å². The molecular weight excluding hydrogens is 250 g/mol. The van der Waals surface area contributed by atoms with E-state index < -0.39 is 0 Å². The molecule has 1 heterocycles. The Morgan fingerprint density at radius 1 is 1.50 bits per heavy atom. The highest BCUT2D eigenvalue weighted by molar-refractivity contribution is 6.34. The molecule has 1 fully saturated rings. The molecule has 98 valence electrons. The molecule has 1 aliphatic heterocycles. The lowest BCUT2D eigenvalue weighted by atomic mass is 10.1. The fourth-order valence-electron chi connectivity index (χ4n) is 2.69. The summed E-state index contributed by atoms with van der Waals surface area (Å²) in [6.07, 6.45) is 4.81. The maximum atomic E-state index is 11.1. The maximum absolute atomic E-state index is 11.1. The number of aliphatic hydroxyl groups is 1. The van der Waals surface area contributed by atoms with Crippen molar-refractivity contribution in [1.29, 1.82) is 0 Å². The number of aliphatic hydroxyl groups excluding tert-OH is 1. The molecule has 0 radical (unpaired) electrons. The van der Waals surface area contributed by atoms with E-state index in [1.807, 2.05) is 6.07 Å². The molecule has 1 N–H and O–H groups in total. The van der Waals surface area contributed by atoms with E-state index in [1.54, 1.807) is 12.1 Å². The number of hydrogen-bond acceptors (Lipinski definition) is 3. The van der Waals surface area contributed by atoms with E-state index in [0.717, 1.165) is 44.2 Å². The van der Waals surface area contributed by atoms with E-state index in [4.69, 9.17) is 16.7 Å². The second-order valence-corrected chi connectivity index (χ2v) is 5.06. The molecule has 1 aliphatic rings. The number of nitrogens with zero attached hydrogens (tertiary/aromatic N) is 1. The molecule has 1 saturated heterocycles. The number of benzene rings is 1. The van der Waals surface area contributed by atoms with Gasteiger partial charge in [0.1, 0.15) is 0 Å². The molecule has 18 heavy (non-hydrogen) atoms. The Labute approximate surface area is 112 Å². The van der Waals surface area contributed by atoms with Gasteiger partial charge >= 0.3 is 0 Å². The van der Waals surface area contributed by atoms with Gasteiger partial charge < -0.3 is 10.0 Å². The average molecular weight is 268 g/mol. The van der Waals surface area contributed by atoms with Crippen LogP contribution in [0.4, 0.5) is 5.69 Å². The molecule has 0 aliphatic carbocycles. The van der Waals surface area contributed by atoms with E-state index in [9.17, 15) is 4.79 Å². The van der Waals surface area contributed by atoms with Gasteiger partial charge in [0.05, 0.1) is 10.7 Å². The number of carbonyl (C=O) groups is 1. The Morgan fingerprint density at radius 2 is 2.33 bits per heavy atom. The van der Waals surface area contributed by atoms with Gasteiger partial charge in [0.15, 0.2) is 6.29 Å². The van der Waals surface area contributed by atoms with Crippen LogP contribution < -0.4 is 4.90 Å². The van der Waals surface area contributed by atoms with Crippen molar-refractivity contribution in [3.05, 3.63) is 28.8 Å². The number of rotatable bonds is 5. The summed E-state index contributed by atoms with van der Waals surface area (Å²) >= 11 is 6.24. The minimum Gasteiger partial charge on any atom is -0.396 e. The van der Waals surface area contributed by atoms with Gasteiger partial charge in [-0.1, -0.05) is 17.7 Å². The van der Waals surface area contributed by atoms with Crippen molar-refractivity contribution >= 4 is 23.6 Å². The quantitative estimate of drug-likeness (QED) is 0.834. The monoisotopic (exact) mass is 267 g/mol. The summed E-state index contributed by atoms with van der Waals surface area (Å²) in [5.74, 6) is 0. The van der Waals surface area contributed by atoms with Crippen molar-refractivity contribution in [2.45, 2.75) is 31.7 Å². The molecule has 0 aromatic heterocycles. The summed E-state index contributed by atoms with van der Waals surface area (Å²) in [5.41, 5.74) is 1.51. The molecule has 0 bridgehead atoms. The van der Waals surface area contributed by atoms with Gasteiger partial charge in [-0.2, -0.15) is 0 Å². The van der Waals surface area contributed by atoms with Gasteiger partial charge in [-0.25, -0.2) is 0 Å². The van der Waals surface area contributed by atoms with E-state index in [1.165, 1.54) is 0 Å². The third-order valence-electron chi connectivity index (χ3n) is 3.50. The minimum absolute atomic E-state index is 0.216. The number of aldehydes is 1. The van der Waals surface area contributed by atoms with Crippen LogP contribution in [0.15, 0.2) is 18.2 Å². The highest BCUT2D eigenvalue weighted by Gasteiger charge is 2.27. The molecule has 1 aromatic rings. The first kappa shape index (κ1) is 13.4. The largest absolute Gasteiger partial charge is 0.396 e. The molecular formula is C14H18ClNO2. The third-order valence-corrected chi connectivity index (χ3v) is 3.81. The van der Waals surface area contributed by atoms with Crippen LogP contribution in [0.2, 0.25) is 5.02 Å². The normalized spacial score (nSPS) is 19.2. The first-order valence-electron chi connectivity index (χ1n) is 6.39. The number of carbonyl (C=O) groups excluding carboxylic acids is 1. The van der Waals surface area contributed by atoms with Gasteiger partial charge in [-0.05, 0) is 37.8 Å². The fraction of sp³-hybridized carbons (Fsp3) is 0.500. The fourth-order valence-corrected chi connectivity index (χ4v) is 2.98. The summed E-state index contributed by atoms with van der Waals surface area (Å²) in [4.78, 5) is 13.4. The van der Waals surface area contributed by atoms with Crippen molar-refractivity contribution in [2.75, 3.05) is 18.1 Å². The second-order valence-electron chi connectivity index (χ2n) is 4.65. The van der Waals surface area contributed by atoms with Crippen LogP contribution in [-0.4, -0.2) is 30.6 Å². The van der Waals surface area contributed by atoms with E-state index in [0.29, 0.717) is 16.6 Å². The average Bonchev–Trinajstić information content (AvgIpc) is 2.83. The van der Waals surface area contributed by atoms with Crippen LogP contribution >= 0.6 is 11.6 Å². The van der Waals surface area contributed by atoms with Crippen LogP contribution in [0.5, 0.6) is 0 Å². The third kappa shape index (κ3) is 2.68. The Kier molecular flexibility index (Phi) is 4.61. The van der Waals surface area contributed by atoms with Crippen LogP contribution in [-0.2, 0) is 0 Å². The zero-order valence-corrected chi connectivity index (χ0v) is 11.1. The summed E-state index contributed by atoms with van der Waals surface area (Å²) in [6.45, 7) is 1.15. The highest BCUT2D eigenvalue weighted by Crippen LogP contribution is 2.35. The predicted molar refractivity (Wildman–Crippen MR) is 73.5 cm³/mol. The van der Waals surface area contributed by atoms with Crippen LogP contribution in [0.25, 0.3) is 0 Å². The Hall–Kier alpha value is -1.06. The highest BCUT2D eigenvalue weighted by atomic mass is 35.5. The maximum Gasteiger partial charge on any atom is 0.152 e. The summed E-state index contributed by atoms with van der Waals surface area (Å²) in [5, 5.41) is 9.57. The first-order valence-corrected chi connectivity index (χ1v) is 6.77. The van der Waals surface area contributed by atoms with Crippen molar-refractivity contribution < 1.29 is 9.90 Å².